The number of nitrogens with zero attached hydrogens (tertiary/aromatic N) is 2. The van der Waals surface area contributed by atoms with Gasteiger partial charge in [0.05, 0.1) is 0 Å². The molecular formula is C14H25N3. The minimum absolute atomic E-state index is 0.782. The minimum Gasteiger partial charge on any atom is -0.308 e. The van der Waals surface area contributed by atoms with E-state index >= 15 is 0 Å². The van der Waals surface area contributed by atoms with E-state index < -0.39 is 0 Å². The fourth-order valence-electron chi connectivity index (χ4n) is 4.73. The topological polar surface area (TPSA) is 18.5 Å². The van der Waals surface area contributed by atoms with E-state index in [2.05, 4.69) is 15.1 Å². The number of nitrogens with one attached hydrogen (secondary N) is 1. The molecule has 0 aromatic rings. The number of rotatable bonds is 2. The van der Waals surface area contributed by atoms with Gasteiger partial charge in [0.2, 0.25) is 0 Å². The Kier molecular flexibility index (Phi) is 2.67. The largest absolute Gasteiger partial charge is 0.308 e. The standard InChI is InChI=1S/C14H25N3/c1-2-6-16(5-1)10-12-9-13-14(15-12)11-3-7-17(13)8-4-11/h11-15H,1-10H2. The molecule has 0 aromatic carbocycles. The summed E-state index contributed by atoms with van der Waals surface area (Å²) >= 11 is 0. The first kappa shape index (κ1) is 10.8. The molecule has 0 amide bonds. The van der Waals surface area contributed by atoms with E-state index in [1.165, 1.54) is 64.8 Å². The summed E-state index contributed by atoms with van der Waals surface area (Å²) in [5.41, 5.74) is 0. The van der Waals surface area contributed by atoms with E-state index in [0.29, 0.717) is 0 Å². The van der Waals surface area contributed by atoms with Crippen LogP contribution < -0.4 is 5.32 Å². The lowest BCUT2D eigenvalue weighted by Crippen LogP contribution is -2.58. The Morgan fingerprint density at radius 1 is 1.00 bits per heavy atom. The van der Waals surface area contributed by atoms with E-state index in [0.717, 1.165) is 24.0 Å². The van der Waals surface area contributed by atoms with Crippen molar-refractivity contribution in [1.29, 1.82) is 0 Å². The molecule has 5 aliphatic heterocycles. The molecule has 0 aromatic heterocycles. The van der Waals surface area contributed by atoms with Crippen LogP contribution in [0.3, 0.4) is 0 Å². The lowest BCUT2D eigenvalue weighted by molar-refractivity contribution is 0.0360. The molecule has 0 saturated carbocycles. The molecule has 0 radical (unpaired) electrons. The Morgan fingerprint density at radius 3 is 2.47 bits per heavy atom. The maximum atomic E-state index is 3.97. The van der Waals surface area contributed by atoms with E-state index in [-0.39, 0.29) is 0 Å². The van der Waals surface area contributed by atoms with E-state index in [1.807, 2.05) is 0 Å². The minimum atomic E-state index is 0.782. The van der Waals surface area contributed by atoms with E-state index in [1.54, 1.807) is 0 Å². The summed E-state index contributed by atoms with van der Waals surface area (Å²) in [4.78, 5) is 5.44. The average molecular weight is 235 g/mol. The van der Waals surface area contributed by atoms with Crippen LogP contribution in [0, 0.1) is 5.92 Å². The molecular weight excluding hydrogens is 210 g/mol. The zero-order valence-electron chi connectivity index (χ0n) is 10.8. The molecule has 5 aliphatic rings. The van der Waals surface area contributed by atoms with Gasteiger partial charge in [0.1, 0.15) is 0 Å². The monoisotopic (exact) mass is 235 g/mol. The van der Waals surface area contributed by atoms with Crippen LogP contribution in [-0.2, 0) is 0 Å². The molecule has 0 aliphatic carbocycles. The molecule has 0 spiro atoms. The van der Waals surface area contributed by atoms with Gasteiger partial charge in [-0.3, -0.25) is 4.90 Å². The highest BCUT2D eigenvalue weighted by molar-refractivity contribution is 5.06. The van der Waals surface area contributed by atoms with Crippen molar-refractivity contribution in [2.75, 3.05) is 32.7 Å². The van der Waals surface area contributed by atoms with Crippen molar-refractivity contribution in [3.8, 4) is 0 Å². The molecule has 3 unspecified atom stereocenters. The summed E-state index contributed by atoms with van der Waals surface area (Å²) in [5.74, 6) is 0.994. The summed E-state index contributed by atoms with van der Waals surface area (Å²) in [6, 6.07) is 2.50. The van der Waals surface area contributed by atoms with Crippen LogP contribution in [0.25, 0.3) is 0 Å². The van der Waals surface area contributed by atoms with Gasteiger partial charge in [-0.15, -0.1) is 0 Å². The predicted octanol–water partition coefficient (Wildman–Crippen LogP) is 0.907. The predicted molar refractivity (Wildman–Crippen MR) is 69.1 cm³/mol. The van der Waals surface area contributed by atoms with Crippen molar-refractivity contribution in [3.05, 3.63) is 0 Å². The Hall–Kier alpha value is -0.120. The second-order valence-corrected chi connectivity index (χ2v) is 6.57. The maximum Gasteiger partial charge on any atom is 0.0267 e. The smallest absolute Gasteiger partial charge is 0.0267 e. The van der Waals surface area contributed by atoms with Gasteiger partial charge in [0.15, 0.2) is 0 Å². The Balaban J connectivity index is 1.41. The molecule has 2 bridgehead atoms. The van der Waals surface area contributed by atoms with Crippen LogP contribution in [-0.4, -0.2) is 60.6 Å². The fourth-order valence-corrected chi connectivity index (χ4v) is 4.73. The molecule has 17 heavy (non-hydrogen) atoms. The van der Waals surface area contributed by atoms with Crippen LogP contribution in [0.4, 0.5) is 0 Å². The van der Waals surface area contributed by atoms with Crippen molar-refractivity contribution in [2.45, 2.75) is 50.2 Å². The number of likely N-dealkylation sites (tertiary alicyclic amines) is 1. The van der Waals surface area contributed by atoms with Crippen molar-refractivity contribution in [1.82, 2.24) is 15.1 Å². The highest BCUT2D eigenvalue weighted by Gasteiger charge is 2.47. The molecule has 5 fully saturated rings. The van der Waals surface area contributed by atoms with Gasteiger partial charge in [-0.2, -0.15) is 0 Å². The first-order chi connectivity index (χ1) is 8.40. The molecule has 5 heterocycles. The summed E-state index contributed by atoms with van der Waals surface area (Å²) in [5, 5.41) is 3.97. The van der Waals surface area contributed by atoms with Crippen LogP contribution in [0.2, 0.25) is 0 Å². The van der Waals surface area contributed by atoms with Crippen molar-refractivity contribution in [2.24, 2.45) is 5.92 Å². The Bertz CT molecular complexity index is 259. The van der Waals surface area contributed by atoms with Crippen LogP contribution >= 0.6 is 0 Å². The molecule has 5 saturated heterocycles. The average Bonchev–Trinajstić information content (AvgIpc) is 3.00. The summed E-state index contributed by atoms with van der Waals surface area (Å²) in [6.07, 6.45) is 7.16. The van der Waals surface area contributed by atoms with Gasteiger partial charge in [-0.05, 0) is 64.2 Å². The van der Waals surface area contributed by atoms with Crippen molar-refractivity contribution >= 4 is 0 Å². The molecule has 3 heteroatoms. The van der Waals surface area contributed by atoms with E-state index in [9.17, 15) is 0 Å². The van der Waals surface area contributed by atoms with Gasteiger partial charge in [-0.1, -0.05) is 0 Å². The fraction of sp³-hybridized carbons (Fsp3) is 1.00. The van der Waals surface area contributed by atoms with Crippen LogP contribution in [0.5, 0.6) is 0 Å². The lowest BCUT2D eigenvalue weighted by atomic mass is 9.79. The number of hydrogen-bond donors (Lipinski definition) is 1. The van der Waals surface area contributed by atoms with Gasteiger partial charge in [-0.25, -0.2) is 0 Å². The third kappa shape index (κ3) is 1.83. The highest BCUT2D eigenvalue weighted by atomic mass is 15.3. The molecule has 3 nitrogen and oxygen atoms in total. The third-order valence-electron chi connectivity index (χ3n) is 5.60. The molecule has 3 atom stereocenters. The third-order valence-corrected chi connectivity index (χ3v) is 5.60. The van der Waals surface area contributed by atoms with E-state index in [4.69, 9.17) is 0 Å². The Labute approximate surface area is 105 Å². The van der Waals surface area contributed by atoms with Gasteiger partial charge in [0, 0.05) is 24.7 Å². The SMILES string of the molecule is C1CCN(CC2CC3C(N2)C2CCN3CC2)C1. The van der Waals surface area contributed by atoms with Gasteiger partial charge < -0.3 is 10.2 Å². The zero-order valence-corrected chi connectivity index (χ0v) is 10.8. The summed E-state index contributed by atoms with van der Waals surface area (Å²) in [6.45, 7) is 6.77. The second kappa shape index (κ2) is 4.22. The molecule has 1 N–H and O–H groups in total. The van der Waals surface area contributed by atoms with Crippen LogP contribution in [0.1, 0.15) is 32.1 Å². The normalized spacial score (nSPS) is 49.8. The van der Waals surface area contributed by atoms with Crippen molar-refractivity contribution in [3.63, 3.8) is 0 Å². The van der Waals surface area contributed by atoms with Crippen molar-refractivity contribution < 1.29 is 0 Å². The maximum absolute atomic E-state index is 3.97. The summed E-state index contributed by atoms with van der Waals surface area (Å²) < 4.78 is 0. The lowest BCUT2D eigenvalue weighted by Gasteiger charge is -2.48. The Morgan fingerprint density at radius 2 is 1.76 bits per heavy atom. The quantitative estimate of drug-likeness (QED) is 0.767. The number of fused-ring (bicyclic) bond motifs is 2. The first-order valence-electron chi connectivity index (χ1n) is 7.62. The molecule has 96 valence electrons. The molecule has 5 rings (SSSR count). The number of hydrogen-bond acceptors (Lipinski definition) is 3. The second-order valence-electron chi connectivity index (χ2n) is 6.57. The number of piperidine rings is 3. The summed E-state index contributed by atoms with van der Waals surface area (Å²) in [7, 11) is 0. The van der Waals surface area contributed by atoms with Gasteiger partial charge in [0.25, 0.3) is 0 Å². The van der Waals surface area contributed by atoms with Gasteiger partial charge >= 0.3 is 0 Å². The highest BCUT2D eigenvalue weighted by Crippen LogP contribution is 2.38. The first-order valence-corrected chi connectivity index (χ1v) is 7.62. The zero-order chi connectivity index (χ0) is 11.2. The van der Waals surface area contributed by atoms with Crippen LogP contribution in [0.15, 0.2) is 0 Å².